The van der Waals surface area contributed by atoms with Gasteiger partial charge in [-0.2, -0.15) is 0 Å². The van der Waals surface area contributed by atoms with Gasteiger partial charge in [-0.1, -0.05) is 18.7 Å². The van der Waals surface area contributed by atoms with Crippen LogP contribution in [-0.4, -0.2) is 40.4 Å². The molecular weight excluding hydrogens is 380 g/mol. The molecule has 0 saturated carbocycles. The van der Waals surface area contributed by atoms with E-state index in [9.17, 15) is 4.79 Å². The number of nitrogens with zero attached hydrogens (tertiary/aromatic N) is 2. The van der Waals surface area contributed by atoms with Crippen molar-refractivity contribution in [3.8, 4) is 0 Å². The van der Waals surface area contributed by atoms with E-state index in [4.69, 9.17) is 10.5 Å². The highest BCUT2D eigenvalue weighted by atomic mass is 32.2. The van der Waals surface area contributed by atoms with Crippen molar-refractivity contribution in [2.24, 2.45) is 10.7 Å². The third-order valence-corrected chi connectivity index (χ3v) is 7.80. The first-order valence-electron chi connectivity index (χ1n) is 9.78. The Bertz CT molecular complexity index is 757. The molecule has 3 aliphatic heterocycles. The summed E-state index contributed by atoms with van der Waals surface area (Å²) < 4.78 is 6.08. The van der Waals surface area contributed by atoms with Gasteiger partial charge in [-0.25, -0.2) is 4.99 Å². The topological polar surface area (TPSA) is 80.0 Å². The summed E-state index contributed by atoms with van der Waals surface area (Å²) in [5, 5.41) is 5.23. The van der Waals surface area contributed by atoms with Gasteiger partial charge in [-0.15, -0.1) is 11.3 Å². The summed E-state index contributed by atoms with van der Waals surface area (Å²) >= 11 is 3.17. The monoisotopic (exact) mass is 408 g/mol. The number of amides is 1. The van der Waals surface area contributed by atoms with Crippen molar-refractivity contribution in [2.45, 2.75) is 64.3 Å². The van der Waals surface area contributed by atoms with Gasteiger partial charge in [0.1, 0.15) is 11.2 Å². The summed E-state index contributed by atoms with van der Waals surface area (Å²) in [4.78, 5) is 20.3. The molecule has 1 aromatic heterocycles. The highest BCUT2D eigenvalue weighted by Gasteiger charge is 2.36. The average molecular weight is 409 g/mol. The summed E-state index contributed by atoms with van der Waals surface area (Å²) in [6.07, 6.45) is 4.95. The van der Waals surface area contributed by atoms with Crippen LogP contribution in [0.25, 0.3) is 0 Å². The summed E-state index contributed by atoms with van der Waals surface area (Å²) in [7, 11) is 0. The highest BCUT2D eigenvalue weighted by molar-refractivity contribution is 8.14. The summed E-state index contributed by atoms with van der Waals surface area (Å²) in [6, 6.07) is 0. The minimum atomic E-state index is -0.368. The van der Waals surface area contributed by atoms with E-state index in [-0.39, 0.29) is 17.7 Å². The second-order valence-corrected chi connectivity index (χ2v) is 9.82. The molecule has 148 valence electrons. The van der Waals surface area contributed by atoms with Crippen LogP contribution < -0.4 is 11.1 Å². The van der Waals surface area contributed by atoms with E-state index >= 15 is 0 Å². The van der Waals surface area contributed by atoms with E-state index < -0.39 is 0 Å². The van der Waals surface area contributed by atoms with E-state index in [0.717, 1.165) is 54.5 Å². The molecule has 3 N–H and O–H groups in total. The number of likely N-dealkylation sites (tertiary alicyclic amines) is 1. The van der Waals surface area contributed by atoms with Gasteiger partial charge in [0, 0.05) is 30.0 Å². The summed E-state index contributed by atoms with van der Waals surface area (Å²) in [6.45, 7) is 6.74. The van der Waals surface area contributed by atoms with Crippen molar-refractivity contribution in [3.63, 3.8) is 0 Å². The van der Waals surface area contributed by atoms with Gasteiger partial charge >= 0.3 is 0 Å². The van der Waals surface area contributed by atoms with Gasteiger partial charge in [0.2, 0.25) is 5.91 Å². The number of piperidine rings is 1. The average Bonchev–Trinajstić information content (AvgIpc) is 3.04. The number of ether oxygens (including phenoxy) is 1. The minimum Gasteiger partial charge on any atom is -0.369 e. The van der Waals surface area contributed by atoms with Crippen LogP contribution in [0.4, 0.5) is 5.00 Å². The minimum absolute atomic E-state index is 0.124. The third-order valence-electron chi connectivity index (χ3n) is 5.80. The lowest BCUT2D eigenvalue weighted by atomic mass is 9.89. The number of amidine groups is 1. The smallest absolute Gasteiger partial charge is 0.233 e. The molecule has 0 bridgehead atoms. The SMILES string of the molecule is CC[C@@]1(C)Cc2c(sc3c2[C@H](N)N=C(SCC(=O)N2CCCCC2)N3)CO1. The normalized spacial score (nSPS) is 27.4. The first-order chi connectivity index (χ1) is 13.0. The molecule has 0 radical (unpaired) electrons. The lowest BCUT2D eigenvalue weighted by Gasteiger charge is -2.34. The first-order valence-corrected chi connectivity index (χ1v) is 11.6. The molecule has 4 rings (SSSR count). The van der Waals surface area contributed by atoms with Crippen LogP contribution >= 0.6 is 23.1 Å². The molecule has 1 saturated heterocycles. The molecule has 1 amide bonds. The van der Waals surface area contributed by atoms with Crippen LogP contribution in [0.2, 0.25) is 0 Å². The van der Waals surface area contributed by atoms with Crippen molar-refractivity contribution in [2.75, 3.05) is 24.2 Å². The predicted octanol–water partition coefficient (Wildman–Crippen LogP) is 3.47. The number of nitrogens with one attached hydrogen (secondary N) is 1. The van der Waals surface area contributed by atoms with Crippen LogP contribution in [0.3, 0.4) is 0 Å². The molecular formula is C19H28N4O2S2. The van der Waals surface area contributed by atoms with Gasteiger partial charge in [0.25, 0.3) is 0 Å². The number of thiophene rings is 1. The molecule has 0 aliphatic carbocycles. The van der Waals surface area contributed by atoms with Crippen LogP contribution in [0.15, 0.2) is 4.99 Å². The molecule has 4 heterocycles. The van der Waals surface area contributed by atoms with E-state index in [1.165, 1.54) is 28.6 Å². The second-order valence-electron chi connectivity index (χ2n) is 7.75. The third kappa shape index (κ3) is 3.90. The number of thioether (sulfide) groups is 1. The van der Waals surface area contributed by atoms with Gasteiger partial charge in [0.05, 0.1) is 18.0 Å². The fourth-order valence-corrected chi connectivity index (χ4v) is 5.93. The second kappa shape index (κ2) is 7.73. The lowest BCUT2D eigenvalue weighted by Crippen LogP contribution is -2.37. The summed E-state index contributed by atoms with van der Waals surface area (Å²) in [5.74, 6) is 0.608. The number of hydrogen-bond donors (Lipinski definition) is 2. The number of carbonyl (C=O) groups is 1. The Morgan fingerprint density at radius 1 is 1.44 bits per heavy atom. The molecule has 1 fully saturated rings. The summed E-state index contributed by atoms with van der Waals surface area (Å²) in [5.41, 5.74) is 8.71. The fraction of sp³-hybridized carbons (Fsp3) is 0.684. The van der Waals surface area contributed by atoms with Crippen LogP contribution in [0.1, 0.15) is 61.7 Å². The maximum Gasteiger partial charge on any atom is 0.233 e. The molecule has 27 heavy (non-hydrogen) atoms. The molecule has 0 spiro atoms. The molecule has 8 heteroatoms. The zero-order valence-electron chi connectivity index (χ0n) is 16.0. The maximum atomic E-state index is 12.4. The van der Waals surface area contributed by atoms with Crippen LogP contribution in [-0.2, 0) is 22.6 Å². The molecule has 3 aliphatic rings. The number of fused-ring (bicyclic) bond motifs is 3. The zero-order valence-corrected chi connectivity index (χ0v) is 17.7. The first kappa shape index (κ1) is 19.2. The molecule has 2 atom stereocenters. The number of aliphatic imine (C=N–C) groups is 1. The number of carbonyl (C=O) groups excluding carboxylic acids is 1. The van der Waals surface area contributed by atoms with Crippen molar-refractivity contribution < 1.29 is 9.53 Å². The number of hydrogen-bond acceptors (Lipinski definition) is 7. The van der Waals surface area contributed by atoms with Crippen molar-refractivity contribution in [3.05, 3.63) is 16.0 Å². The fourth-order valence-electron chi connectivity index (χ4n) is 3.89. The number of rotatable bonds is 3. The van der Waals surface area contributed by atoms with E-state index in [1.54, 1.807) is 11.3 Å². The van der Waals surface area contributed by atoms with Crippen LogP contribution in [0.5, 0.6) is 0 Å². The van der Waals surface area contributed by atoms with Gasteiger partial charge in [-0.05, 0) is 38.2 Å². The predicted molar refractivity (Wildman–Crippen MR) is 112 cm³/mol. The van der Waals surface area contributed by atoms with Gasteiger partial charge in [-0.3, -0.25) is 4.79 Å². The van der Waals surface area contributed by atoms with E-state index in [0.29, 0.717) is 12.4 Å². The Morgan fingerprint density at radius 3 is 2.96 bits per heavy atom. The quantitative estimate of drug-likeness (QED) is 0.800. The van der Waals surface area contributed by atoms with Crippen molar-refractivity contribution in [1.82, 2.24) is 4.90 Å². The number of nitrogens with two attached hydrogens (primary N) is 1. The van der Waals surface area contributed by atoms with Gasteiger partial charge in [0.15, 0.2) is 5.17 Å². The zero-order chi connectivity index (χ0) is 19.0. The number of anilines is 1. The Balaban J connectivity index is 1.44. The standard InChI is InChI=1S/C19H28N4O2S2/c1-3-19(2)9-12-13(10-25-19)27-17-15(12)16(20)21-18(22-17)26-11-14(24)23-7-5-4-6-8-23/h16H,3-11,20H2,1-2H3,(H,21,22)/t16-,19+/m1/s1. The maximum absolute atomic E-state index is 12.4. The van der Waals surface area contributed by atoms with Crippen molar-refractivity contribution in [1.29, 1.82) is 0 Å². The van der Waals surface area contributed by atoms with Crippen LogP contribution in [0, 0.1) is 0 Å². The van der Waals surface area contributed by atoms with Gasteiger partial charge < -0.3 is 20.7 Å². The molecule has 1 aromatic rings. The Labute approximate surface area is 168 Å². The highest BCUT2D eigenvalue weighted by Crippen LogP contribution is 2.45. The largest absolute Gasteiger partial charge is 0.369 e. The van der Waals surface area contributed by atoms with E-state index in [2.05, 4.69) is 24.2 Å². The molecule has 0 unspecified atom stereocenters. The van der Waals surface area contributed by atoms with Crippen molar-refractivity contribution >= 4 is 39.2 Å². The van der Waals surface area contributed by atoms with E-state index in [1.807, 2.05) is 4.90 Å². The lowest BCUT2D eigenvalue weighted by molar-refractivity contribution is -0.129. The molecule has 6 nitrogen and oxygen atoms in total. The molecule has 0 aromatic carbocycles. The Kier molecular flexibility index (Phi) is 5.51. The Morgan fingerprint density at radius 2 is 2.22 bits per heavy atom. The Hall–Kier alpha value is -1.09.